The van der Waals surface area contributed by atoms with Crippen LogP contribution in [0.5, 0.6) is 0 Å². The van der Waals surface area contributed by atoms with Gasteiger partial charge in [-0.1, -0.05) is 53.7 Å². The van der Waals surface area contributed by atoms with Crippen molar-refractivity contribution in [2.45, 2.75) is 17.3 Å². The van der Waals surface area contributed by atoms with Crippen LogP contribution < -0.4 is 5.32 Å². The number of pyridine rings is 1. The molecule has 5 rings (SSSR count). The number of rotatable bonds is 5. The van der Waals surface area contributed by atoms with E-state index in [9.17, 15) is 4.79 Å². The molecule has 3 aromatic heterocycles. The smallest absolute Gasteiger partial charge is 0.239 e. The number of thiazole rings is 1. The minimum absolute atomic E-state index is 0.140. The van der Waals surface area contributed by atoms with Crippen LogP contribution >= 0.6 is 34.7 Å². The third-order valence-electron chi connectivity index (χ3n) is 4.77. The number of anilines is 1. The average molecular weight is 466 g/mol. The number of amides is 1. The Hall–Kier alpha value is -2.94. The Labute approximate surface area is 191 Å². The maximum Gasteiger partial charge on any atom is 0.239 e. The molecule has 154 valence electrons. The summed E-state index contributed by atoms with van der Waals surface area (Å²) in [7, 11) is 0. The second-order valence-corrected chi connectivity index (χ2v) is 9.46. The number of thioether (sulfide) groups is 1. The Morgan fingerprint density at radius 1 is 1.10 bits per heavy atom. The van der Waals surface area contributed by atoms with Gasteiger partial charge in [-0.15, -0.1) is 21.5 Å². The van der Waals surface area contributed by atoms with Gasteiger partial charge in [0.2, 0.25) is 5.91 Å². The summed E-state index contributed by atoms with van der Waals surface area (Å²) in [5.41, 5.74) is 3.51. The van der Waals surface area contributed by atoms with E-state index in [-0.39, 0.29) is 11.2 Å². The van der Waals surface area contributed by atoms with Crippen LogP contribution in [0.1, 0.15) is 6.92 Å². The number of benzene rings is 2. The number of nitrogens with zero attached hydrogens (tertiary/aromatic N) is 4. The summed E-state index contributed by atoms with van der Waals surface area (Å²) in [5, 5.41) is 16.0. The fraction of sp³-hybridized carbons (Fsp3) is 0.0909. The number of para-hydroxylation sites is 1. The SMILES string of the molecule is CC(Sc1nnc2ccc3ccccc3n12)C(=O)Nc1nc(-c2ccc(Cl)cc2)cs1. The van der Waals surface area contributed by atoms with Crippen molar-refractivity contribution in [1.82, 2.24) is 19.6 Å². The Kier molecular flexibility index (Phi) is 5.35. The van der Waals surface area contributed by atoms with E-state index in [0.29, 0.717) is 15.3 Å². The van der Waals surface area contributed by atoms with E-state index in [4.69, 9.17) is 11.6 Å². The average Bonchev–Trinajstić information content (AvgIpc) is 3.41. The second-order valence-electron chi connectivity index (χ2n) is 6.86. The highest BCUT2D eigenvalue weighted by atomic mass is 35.5. The standard InChI is InChI=1S/C22H16ClN5OS2/c1-13(20(29)25-21-24-17(12-30-21)14-6-9-16(23)10-7-14)31-22-27-26-19-11-8-15-4-2-3-5-18(15)28(19)22/h2-13H,1H3,(H,24,25,29). The summed E-state index contributed by atoms with van der Waals surface area (Å²) in [6.45, 7) is 1.85. The molecule has 0 aliphatic heterocycles. The molecule has 0 saturated heterocycles. The first kappa shape index (κ1) is 20.0. The van der Waals surface area contributed by atoms with Gasteiger partial charge in [0.1, 0.15) is 0 Å². The zero-order valence-corrected chi connectivity index (χ0v) is 18.7. The first-order chi connectivity index (χ1) is 15.1. The van der Waals surface area contributed by atoms with E-state index in [1.807, 2.05) is 77.4 Å². The minimum atomic E-state index is -0.380. The van der Waals surface area contributed by atoms with Gasteiger partial charge in [0.15, 0.2) is 15.9 Å². The number of halogens is 1. The summed E-state index contributed by atoms with van der Waals surface area (Å²) in [5.74, 6) is -0.140. The topological polar surface area (TPSA) is 72.2 Å². The van der Waals surface area contributed by atoms with Gasteiger partial charge in [-0.3, -0.25) is 9.20 Å². The number of carbonyl (C=O) groups excluding carboxylic acids is 1. The van der Waals surface area contributed by atoms with E-state index in [1.165, 1.54) is 23.1 Å². The van der Waals surface area contributed by atoms with E-state index in [2.05, 4.69) is 20.5 Å². The predicted octanol–water partition coefficient (Wildman–Crippen LogP) is 5.78. The van der Waals surface area contributed by atoms with Crippen molar-refractivity contribution >= 4 is 62.3 Å². The Morgan fingerprint density at radius 3 is 2.74 bits per heavy atom. The van der Waals surface area contributed by atoms with Crippen molar-refractivity contribution in [2.24, 2.45) is 0 Å². The molecule has 1 N–H and O–H groups in total. The van der Waals surface area contributed by atoms with Crippen LogP contribution in [0.15, 0.2) is 71.2 Å². The van der Waals surface area contributed by atoms with Gasteiger partial charge in [0, 0.05) is 16.0 Å². The lowest BCUT2D eigenvalue weighted by molar-refractivity contribution is -0.115. The molecule has 0 saturated carbocycles. The van der Waals surface area contributed by atoms with E-state index in [0.717, 1.165) is 27.8 Å². The summed E-state index contributed by atoms with van der Waals surface area (Å²) in [6, 6.07) is 19.4. The van der Waals surface area contributed by atoms with Crippen LogP contribution in [-0.2, 0) is 4.79 Å². The lowest BCUT2D eigenvalue weighted by atomic mass is 10.2. The Bertz CT molecular complexity index is 1400. The zero-order chi connectivity index (χ0) is 21.4. The van der Waals surface area contributed by atoms with Crippen molar-refractivity contribution in [3.8, 4) is 11.3 Å². The van der Waals surface area contributed by atoms with Gasteiger partial charge in [-0.25, -0.2) is 4.98 Å². The van der Waals surface area contributed by atoms with E-state index < -0.39 is 0 Å². The molecule has 0 spiro atoms. The summed E-state index contributed by atoms with van der Waals surface area (Å²) < 4.78 is 1.98. The van der Waals surface area contributed by atoms with Gasteiger partial charge in [-0.05, 0) is 42.6 Å². The van der Waals surface area contributed by atoms with Crippen molar-refractivity contribution in [3.63, 3.8) is 0 Å². The molecule has 0 radical (unpaired) electrons. The van der Waals surface area contributed by atoms with Crippen LogP contribution in [0.3, 0.4) is 0 Å². The number of fused-ring (bicyclic) bond motifs is 3. The van der Waals surface area contributed by atoms with Crippen LogP contribution in [-0.4, -0.2) is 30.7 Å². The summed E-state index contributed by atoms with van der Waals surface area (Å²) in [6.07, 6.45) is 0. The maximum absolute atomic E-state index is 12.8. The summed E-state index contributed by atoms with van der Waals surface area (Å²) >= 11 is 8.70. The molecule has 0 fully saturated rings. The largest absolute Gasteiger partial charge is 0.301 e. The molecule has 0 aliphatic carbocycles. The molecule has 9 heteroatoms. The highest BCUT2D eigenvalue weighted by molar-refractivity contribution is 8.00. The Balaban J connectivity index is 1.33. The van der Waals surface area contributed by atoms with Crippen LogP contribution in [0.25, 0.3) is 27.8 Å². The van der Waals surface area contributed by atoms with Crippen molar-refractivity contribution < 1.29 is 4.79 Å². The molecule has 0 aliphatic rings. The molecular formula is C22H16ClN5OS2. The maximum atomic E-state index is 12.8. The van der Waals surface area contributed by atoms with Gasteiger partial charge in [0.05, 0.1) is 16.5 Å². The number of carbonyl (C=O) groups is 1. The fourth-order valence-electron chi connectivity index (χ4n) is 3.19. The Morgan fingerprint density at radius 2 is 1.90 bits per heavy atom. The van der Waals surface area contributed by atoms with Crippen LogP contribution in [0.2, 0.25) is 5.02 Å². The van der Waals surface area contributed by atoms with E-state index >= 15 is 0 Å². The molecule has 6 nitrogen and oxygen atoms in total. The molecule has 5 aromatic rings. The third-order valence-corrected chi connectivity index (χ3v) is 6.83. The van der Waals surface area contributed by atoms with E-state index in [1.54, 1.807) is 0 Å². The third kappa shape index (κ3) is 4.01. The molecule has 31 heavy (non-hydrogen) atoms. The molecule has 1 unspecified atom stereocenters. The normalized spacial score (nSPS) is 12.3. The van der Waals surface area contributed by atoms with Crippen LogP contribution in [0, 0.1) is 0 Å². The quantitative estimate of drug-likeness (QED) is 0.333. The molecule has 1 amide bonds. The highest BCUT2D eigenvalue weighted by Crippen LogP contribution is 2.29. The van der Waals surface area contributed by atoms with Gasteiger partial charge < -0.3 is 5.32 Å². The molecular weight excluding hydrogens is 450 g/mol. The van der Waals surface area contributed by atoms with Crippen LogP contribution in [0.4, 0.5) is 5.13 Å². The molecule has 1 atom stereocenters. The first-order valence-electron chi connectivity index (χ1n) is 9.50. The van der Waals surface area contributed by atoms with Gasteiger partial charge in [0.25, 0.3) is 0 Å². The molecule has 3 heterocycles. The number of hydrogen-bond acceptors (Lipinski definition) is 6. The lowest BCUT2D eigenvalue weighted by Gasteiger charge is -2.10. The molecule has 0 bridgehead atoms. The lowest BCUT2D eigenvalue weighted by Crippen LogP contribution is -2.22. The number of nitrogens with one attached hydrogen (secondary N) is 1. The van der Waals surface area contributed by atoms with Crippen molar-refractivity contribution in [2.75, 3.05) is 5.32 Å². The first-order valence-corrected chi connectivity index (χ1v) is 11.6. The molecule has 2 aromatic carbocycles. The highest BCUT2D eigenvalue weighted by Gasteiger charge is 2.20. The number of aromatic nitrogens is 4. The fourth-order valence-corrected chi connectivity index (χ4v) is 4.91. The zero-order valence-electron chi connectivity index (χ0n) is 16.3. The monoisotopic (exact) mass is 465 g/mol. The van der Waals surface area contributed by atoms with Crippen molar-refractivity contribution in [3.05, 3.63) is 71.1 Å². The van der Waals surface area contributed by atoms with Gasteiger partial charge >= 0.3 is 0 Å². The summed E-state index contributed by atoms with van der Waals surface area (Å²) in [4.78, 5) is 17.3. The second kappa shape index (κ2) is 8.30. The minimum Gasteiger partial charge on any atom is -0.301 e. The van der Waals surface area contributed by atoms with Gasteiger partial charge in [-0.2, -0.15) is 0 Å². The predicted molar refractivity (Wildman–Crippen MR) is 127 cm³/mol. The van der Waals surface area contributed by atoms with Crippen molar-refractivity contribution in [1.29, 1.82) is 0 Å². The number of hydrogen-bond donors (Lipinski definition) is 1.